The van der Waals surface area contributed by atoms with Gasteiger partial charge in [0.25, 0.3) is 0 Å². The van der Waals surface area contributed by atoms with Gasteiger partial charge in [0.15, 0.2) is 11.5 Å². The number of thiophene rings is 1. The number of carbonyl (C=O) groups excluding carboxylic acids is 2. The van der Waals surface area contributed by atoms with Gasteiger partial charge in [-0.2, -0.15) is 0 Å². The number of urea groups is 1. The fourth-order valence-electron chi connectivity index (χ4n) is 4.33. The van der Waals surface area contributed by atoms with Crippen LogP contribution < -0.4 is 14.8 Å². The summed E-state index contributed by atoms with van der Waals surface area (Å²) in [6.07, 6.45) is 0.775. The van der Waals surface area contributed by atoms with Crippen LogP contribution in [0.4, 0.5) is 10.5 Å². The number of hydrogen-bond acceptors (Lipinski definition) is 6. The summed E-state index contributed by atoms with van der Waals surface area (Å²) in [5.74, 6) is 1.12. The zero-order valence-corrected chi connectivity index (χ0v) is 22.3. The molecule has 2 aromatic carbocycles. The molecule has 1 aliphatic heterocycles. The predicted molar refractivity (Wildman–Crippen MR) is 145 cm³/mol. The standard InChI is InChI=1S/C28H33N3O5S/c1-20-8-10-21(11-9-20)29-28(33)30(15-16-34-2)18-27(32)31-14-12-26-22(13-17-37-26)23(31)19-36-25-7-5-4-6-24(25)35-3/h4-11,13,17,23H,12,14-16,18-19H2,1-3H3,(H,29,33). The maximum absolute atomic E-state index is 13.6. The molecular formula is C28H33N3O5S. The normalized spacial score (nSPS) is 14.6. The molecule has 1 aromatic heterocycles. The maximum Gasteiger partial charge on any atom is 0.322 e. The van der Waals surface area contributed by atoms with E-state index in [-0.39, 0.29) is 31.1 Å². The van der Waals surface area contributed by atoms with Crippen molar-refractivity contribution < 1.29 is 23.8 Å². The lowest BCUT2D eigenvalue weighted by molar-refractivity contribution is -0.135. The first kappa shape index (κ1) is 26.5. The highest BCUT2D eigenvalue weighted by molar-refractivity contribution is 7.10. The summed E-state index contributed by atoms with van der Waals surface area (Å²) in [6.45, 7) is 3.38. The molecule has 0 radical (unpaired) electrons. The lowest BCUT2D eigenvalue weighted by Gasteiger charge is -2.37. The van der Waals surface area contributed by atoms with Crippen molar-refractivity contribution in [2.45, 2.75) is 19.4 Å². The summed E-state index contributed by atoms with van der Waals surface area (Å²) < 4.78 is 16.8. The van der Waals surface area contributed by atoms with Gasteiger partial charge >= 0.3 is 6.03 Å². The van der Waals surface area contributed by atoms with Crippen molar-refractivity contribution in [3.63, 3.8) is 0 Å². The van der Waals surface area contributed by atoms with Crippen molar-refractivity contribution in [3.8, 4) is 11.5 Å². The summed E-state index contributed by atoms with van der Waals surface area (Å²) >= 11 is 1.70. The Hall–Kier alpha value is -3.56. The van der Waals surface area contributed by atoms with E-state index in [0.717, 1.165) is 17.5 Å². The van der Waals surface area contributed by atoms with Crippen molar-refractivity contribution >= 4 is 29.0 Å². The van der Waals surface area contributed by atoms with E-state index in [1.165, 1.54) is 9.78 Å². The highest BCUT2D eigenvalue weighted by Gasteiger charge is 2.33. The van der Waals surface area contributed by atoms with Crippen LogP contribution in [0.15, 0.2) is 60.0 Å². The van der Waals surface area contributed by atoms with Gasteiger partial charge in [-0.3, -0.25) is 4.79 Å². The molecule has 1 atom stereocenters. The van der Waals surface area contributed by atoms with Crippen LogP contribution in [0.2, 0.25) is 0 Å². The fraction of sp³-hybridized carbons (Fsp3) is 0.357. The van der Waals surface area contributed by atoms with Crippen molar-refractivity contribution in [1.82, 2.24) is 9.80 Å². The highest BCUT2D eigenvalue weighted by Crippen LogP contribution is 2.35. The summed E-state index contributed by atoms with van der Waals surface area (Å²) in [6, 6.07) is 16.5. The van der Waals surface area contributed by atoms with Crippen LogP contribution in [0.3, 0.4) is 0 Å². The number of nitrogens with one attached hydrogen (secondary N) is 1. The first-order valence-corrected chi connectivity index (χ1v) is 13.1. The number of fused-ring (bicyclic) bond motifs is 1. The Morgan fingerprint density at radius 2 is 1.84 bits per heavy atom. The second-order valence-electron chi connectivity index (χ2n) is 8.82. The second-order valence-corrected chi connectivity index (χ2v) is 9.83. The summed E-state index contributed by atoms with van der Waals surface area (Å²) in [4.78, 5) is 31.3. The number of hydrogen-bond donors (Lipinski definition) is 1. The van der Waals surface area contributed by atoms with Gasteiger partial charge in [-0.1, -0.05) is 29.8 Å². The van der Waals surface area contributed by atoms with Crippen LogP contribution in [0.1, 0.15) is 22.0 Å². The lowest BCUT2D eigenvalue weighted by Crippen LogP contribution is -2.49. The molecule has 8 nitrogen and oxygen atoms in total. The molecule has 4 rings (SSSR count). The topological polar surface area (TPSA) is 80.3 Å². The summed E-state index contributed by atoms with van der Waals surface area (Å²) in [5, 5.41) is 4.94. The molecule has 3 aromatic rings. The molecule has 0 aliphatic carbocycles. The average Bonchev–Trinajstić information content (AvgIpc) is 3.40. The molecule has 196 valence electrons. The molecule has 0 saturated heterocycles. The molecular weight excluding hydrogens is 490 g/mol. The third-order valence-electron chi connectivity index (χ3n) is 6.36. The first-order chi connectivity index (χ1) is 18.0. The number of anilines is 1. The minimum atomic E-state index is -0.343. The van der Waals surface area contributed by atoms with Gasteiger partial charge in [-0.05, 0) is 54.6 Å². The van der Waals surface area contributed by atoms with E-state index >= 15 is 0 Å². The van der Waals surface area contributed by atoms with Crippen LogP contribution in [-0.2, 0) is 16.0 Å². The van der Waals surface area contributed by atoms with Gasteiger partial charge in [0.1, 0.15) is 13.2 Å². The smallest absolute Gasteiger partial charge is 0.322 e. The highest BCUT2D eigenvalue weighted by atomic mass is 32.1. The zero-order valence-electron chi connectivity index (χ0n) is 21.4. The minimum absolute atomic E-state index is 0.0638. The van der Waals surface area contributed by atoms with E-state index in [1.54, 1.807) is 25.6 Å². The number of rotatable bonds is 10. The molecule has 1 unspecified atom stereocenters. The Labute approximate surface area is 221 Å². The maximum atomic E-state index is 13.6. The van der Waals surface area contributed by atoms with Gasteiger partial charge in [0.05, 0.1) is 19.8 Å². The lowest BCUT2D eigenvalue weighted by atomic mass is 10.0. The molecule has 3 amide bonds. The van der Waals surface area contributed by atoms with E-state index < -0.39 is 0 Å². The number of ether oxygens (including phenoxy) is 3. The third kappa shape index (κ3) is 6.61. The van der Waals surface area contributed by atoms with Crippen molar-refractivity contribution in [1.29, 1.82) is 0 Å². The molecule has 37 heavy (non-hydrogen) atoms. The average molecular weight is 524 g/mol. The Bertz CT molecular complexity index is 1200. The molecule has 0 fully saturated rings. The molecule has 0 bridgehead atoms. The van der Waals surface area contributed by atoms with Gasteiger partial charge in [0.2, 0.25) is 5.91 Å². The largest absolute Gasteiger partial charge is 0.493 e. The number of para-hydroxylation sites is 2. The Morgan fingerprint density at radius 1 is 1.08 bits per heavy atom. The van der Waals surface area contributed by atoms with Gasteiger partial charge in [-0.25, -0.2) is 4.79 Å². The van der Waals surface area contributed by atoms with Crippen LogP contribution in [0, 0.1) is 6.92 Å². The molecule has 2 heterocycles. The van der Waals surface area contributed by atoms with Crippen molar-refractivity contribution in [2.75, 3.05) is 52.4 Å². The Balaban J connectivity index is 1.49. The van der Waals surface area contributed by atoms with E-state index in [9.17, 15) is 9.59 Å². The van der Waals surface area contributed by atoms with Crippen molar-refractivity contribution in [3.05, 3.63) is 76.0 Å². The zero-order chi connectivity index (χ0) is 26.2. The first-order valence-electron chi connectivity index (χ1n) is 12.2. The molecule has 0 spiro atoms. The Kier molecular flexibility index (Phi) is 9.03. The predicted octanol–water partition coefficient (Wildman–Crippen LogP) is 4.75. The second kappa shape index (κ2) is 12.6. The molecule has 1 N–H and O–H groups in total. The van der Waals surface area contributed by atoms with Crippen LogP contribution in [0.25, 0.3) is 0 Å². The third-order valence-corrected chi connectivity index (χ3v) is 7.36. The number of aryl methyl sites for hydroxylation is 1. The number of benzene rings is 2. The molecule has 0 saturated carbocycles. The van der Waals surface area contributed by atoms with Crippen LogP contribution in [0.5, 0.6) is 11.5 Å². The minimum Gasteiger partial charge on any atom is -0.493 e. The Morgan fingerprint density at radius 3 is 2.57 bits per heavy atom. The van der Waals surface area contributed by atoms with Crippen molar-refractivity contribution in [2.24, 2.45) is 0 Å². The van der Waals surface area contributed by atoms with Gasteiger partial charge in [-0.15, -0.1) is 11.3 Å². The van der Waals surface area contributed by atoms with Gasteiger partial charge in [0, 0.05) is 30.8 Å². The number of amides is 3. The SMILES string of the molecule is COCCN(CC(=O)N1CCc2sccc2C1COc1ccccc1OC)C(=O)Nc1ccc(C)cc1. The van der Waals surface area contributed by atoms with Crippen LogP contribution in [-0.4, -0.2) is 68.8 Å². The quantitative estimate of drug-likeness (QED) is 0.415. The summed E-state index contributed by atoms with van der Waals surface area (Å²) in [7, 11) is 3.18. The number of carbonyl (C=O) groups is 2. The summed E-state index contributed by atoms with van der Waals surface area (Å²) in [5.41, 5.74) is 2.87. The van der Waals surface area contributed by atoms with E-state index in [2.05, 4.69) is 16.8 Å². The van der Waals surface area contributed by atoms with E-state index in [1.807, 2.05) is 60.4 Å². The monoisotopic (exact) mass is 523 g/mol. The fourth-order valence-corrected chi connectivity index (χ4v) is 5.26. The van der Waals surface area contributed by atoms with E-state index in [4.69, 9.17) is 14.2 Å². The van der Waals surface area contributed by atoms with Crippen LogP contribution >= 0.6 is 11.3 Å². The molecule has 1 aliphatic rings. The molecule has 9 heteroatoms. The number of methoxy groups -OCH3 is 2. The number of nitrogens with zero attached hydrogens (tertiary/aromatic N) is 2. The van der Waals surface area contributed by atoms with Gasteiger partial charge < -0.3 is 29.3 Å². The van der Waals surface area contributed by atoms with E-state index in [0.29, 0.717) is 36.9 Å².